The molecule has 0 N–H and O–H groups in total. The van der Waals surface area contributed by atoms with Crippen LogP contribution in [0.2, 0.25) is 0 Å². The van der Waals surface area contributed by atoms with Crippen molar-refractivity contribution in [3.05, 3.63) is 66.1 Å². The van der Waals surface area contributed by atoms with Gasteiger partial charge in [0.15, 0.2) is 5.76 Å². The molecule has 27 heavy (non-hydrogen) atoms. The van der Waals surface area contributed by atoms with Crippen LogP contribution in [0.3, 0.4) is 0 Å². The molecule has 1 unspecified atom stereocenters. The maximum atomic E-state index is 5.69. The van der Waals surface area contributed by atoms with E-state index in [2.05, 4.69) is 33.2 Å². The summed E-state index contributed by atoms with van der Waals surface area (Å²) in [6, 6.07) is 14.5. The van der Waals surface area contributed by atoms with E-state index in [9.17, 15) is 0 Å². The summed E-state index contributed by atoms with van der Waals surface area (Å²) < 4.78 is 10.9. The van der Waals surface area contributed by atoms with E-state index in [0.29, 0.717) is 0 Å². The standard InChI is InChI=1S/C22H25N3O2/c1-26-19-8-6-18(7-9-19)22-15-20(24-27-22)21-5-3-2-4-14-25(21)16-17-10-12-23-13-11-17/h6-13,15,21H,2-5,14,16H2,1H3. The van der Waals surface area contributed by atoms with Crippen LogP contribution in [-0.2, 0) is 6.54 Å². The van der Waals surface area contributed by atoms with Crippen LogP contribution in [0.4, 0.5) is 0 Å². The van der Waals surface area contributed by atoms with Gasteiger partial charge in [-0.2, -0.15) is 0 Å². The van der Waals surface area contributed by atoms with Crippen LogP contribution in [0.5, 0.6) is 5.75 Å². The molecular formula is C22H25N3O2. The average molecular weight is 363 g/mol. The molecule has 0 aliphatic carbocycles. The Bertz CT molecular complexity index is 846. The van der Waals surface area contributed by atoms with E-state index in [-0.39, 0.29) is 6.04 Å². The zero-order valence-corrected chi connectivity index (χ0v) is 15.7. The Morgan fingerprint density at radius 2 is 1.89 bits per heavy atom. The number of ether oxygens (including phenoxy) is 1. The molecule has 0 radical (unpaired) electrons. The predicted octanol–water partition coefficient (Wildman–Crippen LogP) is 4.86. The van der Waals surface area contributed by atoms with Crippen molar-refractivity contribution in [1.82, 2.24) is 15.0 Å². The largest absolute Gasteiger partial charge is 0.497 e. The van der Waals surface area contributed by atoms with Gasteiger partial charge in [-0.1, -0.05) is 18.0 Å². The second-order valence-electron chi connectivity index (χ2n) is 7.04. The molecule has 1 aliphatic heterocycles. The fraction of sp³-hybridized carbons (Fsp3) is 0.364. The summed E-state index contributed by atoms with van der Waals surface area (Å²) in [5.74, 6) is 1.64. The molecule has 3 aromatic rings. The maximum Gasteiger partial charge on any atom is 0.167 e. The van der Waals surface area contributed by atoms with Crippen LogP contribution in [0.25, 0.3) is 11.3 Å². The molecule has 5 heteroatoms. The second-order valence-corrected chi connectivity index (χ2v) is 7.04. The fourth-order valence-electron chi connectivity index (χ4n) is 3.75. The van der Waals surface area contributed by atoms with E-state index in [1.165, 1.54) is 24.8 Å². The maximum absolute atomic E-state index is 5.69. The van der Waals surface area contributed by atoms with E-state index in [1.807, 2.05) is 36.7 Å². The van der Waals surface area contributed by atoms with Crippen LogP contribution in [0, 0.1) is 0 Å². The average Bonchev–Trinajstić information content (AvgIpc) is 3.10. The molecule has 5 nitrogen and oxygen atoms in total. The monoisotopic (exact) mass is 363 g/mol. The van der Waals surface area contributed by atoms with Gasteiger partial charge in [0.2, 0.25) is 0 Å². The molecular weight excluding hydrogens is 338 g/mol. The molecule has 1 fully saturated rings. The van der Waals surface area contributed by atoms with Crippen molar-refractivity contribution in [2.24, 2.45) is 0 Å². The van der Waals surface area contributed by atoms with Crippen molar-refractivity contribution in [2.75, 3.05) is 13.7 Å². The van der Waals surface area contributed by atoms with Gasteiger partial charge in [0.05, 0.1) is 13.2 Å². The lowest BCUT2D eigenvalue weighted by Gasteiger charge is -2.28. The SMILES string of the molecule is COc1ccc(-c2cc(C3CCCCCN3Cc3ccncc3)no2)cc1. The molecule has 1 saturated heterocycles. The first-order valence-corrected chi connectivity index (χ1v) is 9.57. The third kappa shape index (κ3) is 4.19. The van der Waals surface area contributed by atoms with E-state index >= 15 is 0 Å². The Morgan fingerprint density at radius 1 is 1.07 bits per heavy atom. The third-order valence-electron chi connectivity index (χ3n) is 5.24. The number of nitrogens with zero attached hydrogens (tertiary/aromatic N) is 3. The van der Waals surface area contributed by atoms with Crippen LogP contribution < -0.4 is 4.74 Å². The Morgan fingerprint density at radius 3 is 2.67 bits per heavy atom. The first-order valence-electron chi connectivity index (χ1n) is 9.57. The highest BCUT2D eigenvalue weighted by atomic mass is 16.5. The van der Waals surface area contributed by atoms with Crippen LogP contribution in [-0.4, -0.2) is 28.7 Å². The molecule has 1 aliphatic rings. The number of aromatic nitrogens is 2. The number of hydrogen-bond donors (Lipinski definition) is 0. The van der Waals surface area contributed by atoms with Crippen molar-refractivity contribution in [3.63, 3.8) is 0 Å². The van der Waals surface area contributed by atoms with Crippen molar-refractivity contribution >= 4 is 0 Å². The number of pyridine rings is 1. The van der Waals surface area contributed by atoms with Crippen LogP contribution in [0.1, 0.15) is 43.0 Å². The zero-order valence-electron chi connectivity index (χ0n) is 15.7. The van der Waals surface area contributed by atoms with Gasteiger partial charge in [0, 0.05) is 30.6 Å². The Hall–Kier alpha value is -2.66. The van der Waals surface area contributed by atoms with Crippen molar-refractivity contribution in [1.29, 1.82) is 0 Å². The summed E-state index contributed by atoms with van der Waals surface area (Å²) in [5, 5.41) is 4.43. The number of methoxy groups -OCH3 is 1. The van der Waals surface area contributed by atoms with E-state index in [4.69, 9.17) is 9.26 Å². The summed E-state index contributed by atoms with van der Waals surface area (Å²) in [4.78, 5) is 6.65. The minimum Gasteiger partial charge on any atom is -0.497 e. The summed E-state index contributed by atoms with van der Waals surface area (Å²) in [7, 11) is 1.67. The van der Waals surface area contributed by atoms with Gasteiger partial charge in [0.25, 0.3) is 0 Å². The number of rotatable bonds is 5. The molecule has 0 amide bonds. The van der Waals surface area contributed by atoms with Crippen molar-refractivity contribution in [2.45, 2.75) is 38.3 Å². The summed E-state index contributed by atoms with van der Waals surface area (Å²) in [6.45, 7) is 2.00. The van der Waals surface area contributed by atoms with Crippen LogP contribution in [0.15, 0.2) is 59.4 Å². The van der Waals surface area contributed by atoms with Gasteiger partial charge in [-0.05, 0) is 61.3 Å². The Balaban J connectivity index is 1.56. The van der Waals surface area contributed by atoms with E-state index < -0.39 is 0 Å². The van der Waals surface area contributed by atoms with Gasteiger partial charge >= 0.3 is 0 Å². The quantitative estimate of drug-likeness (QED) is 0.648. The van der Waals surface area contributed by atoms with Crippen molar-refractivity contribution in [3.8, 4) is 17.1 Å². The van der Waals surface area contributed by atoms with Gasteiger partial charge in [-0.3, -0.25) is 9.88 Å². The summed E-state index contributed by atoms with van der Waals surface area (Å²) >= 11 is 0. The highest BCUT2D eigenvalue weighted by molar-refractivity contribution is 5.58. The first-order chi connectivity index (χ1) is 13.3. The smallest absolute Gasteiger partial charge is 0.167 e. The normalized spacial score (nSPS) is 18.2. The summed E-state index contributed by atoms with van der Waals surface area (Å²) in [6.07, 6.45) is 8.55. The predicted molar refractivity (Wildman–Crippen MR) is 104 cm³/mol. The Labute approximate surface area is 160 Å². The minimum atomic E-state index is 0.288. The van der Waals surface area contributed by atoms with Crippen LogP contribution >= 0.6 is 0 Å². The number of likely N-dealkylation sites (tertiary alicyclic amines) is 1. The molecule has 3 heterocycles. The topological polar surface area (TPSA) is 51.4 Å². The molecule has 0 spiro atoms. The Kier molecular flexibility index (Phi) is 5.49. The van der Waals surface area contributed by atoms with E-state index in [0.717, 1.165) is 42.3 Å². The highest BCUT2D eigenvalue weighted by Crippen LogP contribution is 2.33. The molecule has 0 saturated carbocycles. The van der Waals surface area contributed by atoms with Gasteiger partial charge in [0.1, 0.15) is 11.4 Å². The first kappa shape index (κ1) is 17.7. The lowest BCUT2D eigenvalue weighted by atomic mass is 10.0. The lowest BCUT2D eigenvalue weighted by Crippen LogP contribution is -2.28. The zero-order chi connectivity index (χ0) is 18.5. The fourth-order valence-corrected chi connectivity index (χ4v) is 3.75. The molecule has 140 valence electrons. The lowest BCUT2D eigenvalue weighted by molar-refractivity contribution is 0.184. The van der Waals surface area contributed by atoms with Gasteiger partial charge in [-0.15, -0.1) is 0 Å². The molecule has 1 aromatic carbocycles. The number of hydrogen-bond acceptors (Lipinski definition) is 5. The molecule has 0 bridgehead atoms. The molecule has 4 rings (SSSR count). The third-order valence-corrected chi connectivity index (χ3v) is 5.24. The summed E-state index contributed by atoms with van der Waals surface area (Å²) in [5.41, 5.74) is 3.33. The van der Waals surface area contributed by atoms with Gasteiger partial charge in [-0.25, -0.2) is 0 Å². The minimum absolute atomic E-state index is 0.288. The van der Waals surface area contributed by atoms with E-state index in [1.54, 1.807) is 7.11 Å². The van der Waals surface area contributed by atoms with Gasteiger partial charge < -0.3 is 9.26 Å². The molecule has 1 atom stereocenters. The molecule has 2 aromatic heterocycles. The number of benzene rings is 1. The highest BCUT2D eigenvalue weighted by Gasteiger charge is 2.26. The van der Waals surface area contributed by atoms with Crippen molar-refractivity contribution < 1.29 is 9.26 Å². The second kappa shape index (κ2) is 8.35.